The third-order valence-electron chi connectivity index (χ3n) is 11.1. The molecule has 5 heteroatoms. The number of aromatic nitrogens is 4. The van der Waals surface area contributed by atoms with E-state index in [-0.39, 0.29) is 5.41 Å². The third kappa shape index (κ3) is 4.40. The van der Waals surface area contributed by atoms with Crippen LogP contribution in [0.5, 0.6) is 0 Å². The van der Waals surface area contributed by atoms with Gasteiger partial charge in [-0.15, -0.1) is 0 Å². The highest BCUT2D eigenvalue weighted by Gasteiger charge is 2.36. The summed E-state index contributed by atoms with van der Waals surface area (Å²) in [6.07, 6.45) is 0. The van der Waals surface area contributed by atoms with E-state index in [9.17, 15) is 0 Å². The van der Waals surface area contributed by atoms with Gasteiger partial charge in [-0.05, 0) is 58.7 Å². The second kappa shape index (κ2) is 11.1. The van der Waals surface area contributed by atoms with E-state index in [1.54, 1.807) is 0 Å². The molecule has 0 saturated heterocycles. The van der Waals surface area contributed by atoms with Gasteiger partial charge in [0, 0.05) is 55.4 Å². The van der Waals surface area contributed by atoms with Crippen molar-refractivity contribution < 1.29 is 4.42 Å². The standard InChI is InChI=1S/C48H32N4O/c1-48(2)38-21-11-9-18-32(38)36-28-41-37(27-39(36)48)33-19-10-12-22-40(33)52(41)31-24-25-34-43(26-31)53-42-23-13-20-35(44(34)42)47-50-45(29-14-5-3-6-15-29)49-46(51-47)30-16-7-4-8-17-30/h3-28H,1-2H3. The Hall–Kier alpha value is -6.85. The first-order chi connectivity index (χ1) is 26.0. The summed E-state index contributed by atoms with van der Waals surface area (Å²) in [6, 6.07) is 55.2. The summed E-state index contributed by atoms with van der Waals surface area (Å²) in [7, 11) is 0. The Labute approximate surface area is 305 Å². The number of hydrogen-bond donors (Lipinski definition) is 0. The summed E-state index contributed by atoms with van der Waals surface area (Å²) in [4.78, 5) is 15.0. The van der Waals surface area contributed by atoms with Gasteiger partial charge in [-0.25, -0.2) is 15.0 Å². The fourth-order valence-electron chi connectivity index (χ4n) is 8.51. The van der Waals surface area contributed by atoms with E-state index in [4.69, 9.17) is 19.4 Å². The summed E-state index contributed by atoms with van der Waals surface area (Å²) in [5.41, 5.74) is 13.1. The number of furan rings is 1. The minimum atomic E-state index is -0.0730. The Balaban J connectivity index is 1.12. The van der Waals surface area contributed by atoms with Crippen LogP contribution in [0, 0.1) is 0 Å². The first-order valence-electron chi connectivity index (χ1n) is 18.0. The van der Waals surface area contributed by atoms with E-state index in [2.05, 4.69) is 103 Å². The van der Waals surface area contributed by atoms with Crippen molar-refractivity contribution in [1.29, 1.82) is 0 Å². The normalized spacial score (nSPS) is 13.2. The molecular weight excluding hydrogens is 649 g/mol. The number of rotatable bonds is 4. The molecule has 250 valence electrons. The second-order valence-electron chi connectivity index (χ2n) is 14.4. The van der Waals surface area contributed by atoms with Crippen LogP contribution < -0.4 is 0 Å². The van der Waals surface area contributed by atoms with E-state index in [1.807, 2.05) is 72.8 Å². The van der Waals surface area contributed by atoms with E-state index >= 15 is 0 Å². The summed E-state index contributed by atoms with van der Waals surface area (Å²) in [5.74, 6) is 1.87. The maximum Gasteiger partial charge on any atom is 0.164 e. The smallest absolute Gasteiger partial charge is 0.164 e. The monoisotopic (exact) mass is 680 g/mol. The van der Waals surface area contributed by atoms with Crippen molar-refractivity contribution in [2.24, 2.45) is 0 Å². The highest BCUT2D eigenvalue weighted by atomic mass is 16.3. The molecule has 0 atom stereocenters. The maximum absolute atomic E-state index is 6.67. The van der Waals surface area contributed by atoms with Crippen LogP contribution in [-0.2, 0) is 5.41 Å². The molecule has 3 heterocycles. The van der Waals surface area contributed by atoms with Gasteiger partial charge in [0.1, 0.15) is 11.2 Å². The quantitative estimate of drug-likeness (QED) is 0.186. The van der Waals surface area contributed by atoms with Gasteiger partial charge in [0.05, 0.1) is 11.0 Å². The summed E-state index contributed by atoms with van der Waals surface area (Å²) >= 11 is 0. The van der Waals surface area contributed by atoms with Crippen LogP contribution in [0.4, 0.5) is 0 Å². The molecule has 7 aromatic carbocycles. The van der Waals surface area contributed by atoms with Gasteiger partial charge >= 0.3 is 0 Å². The zero-order valence-electron chi connectivity index (χ0n) is 29.2. The first kappa shape index (κ1) is 29.8. The molecule has 0 radical (unpaired) electrons. The highest BCUT2D eigenvalue weighted by Crippen LogP contribution is 2.51. The lowest BCUT2D eigenvalue weighted by molar-refractivity contribution is 0.661. The zero-order chi connectivity index (χ0) is 35.3. The average molecular weight is 681 g/mol. The van der Waals surface area contributed by atoms with Gasteiger partial charge in [-0.2, -0.15) is 0 Å². The van der Waals surface area contributed by atoms with Crippen LogP contribution in [0.3, 0.4) is 0 Å². The van der Waals surface area contributed by atoms with E-state index in [1.165, 1.54) is 44.1 Å². The van der Waals surface area contributed by atoms with Gasteiger partial charge in [-0.3, -0.25) is 0 Å². The van der Waals surface area contributed by atoms with E-state index < -0.39 is 0 Å². The van der Waals surface area contributed by atoms with Gasteiger partial charge in [0.15, 0.2) is 17.5 Å². The van der Waals surface area contributed by atoms with Gasteiger partial charge in [0.25, 0.3) is 0 Å². The van der Waals surface area contributed by atoms with Crippen LogP contribution in [0.1, 0.15) is 25.0 Å². The Bertz CT molecular complexity index is 3020. The lowest BCUT2D eigenvalue weighted by Gasteiger charge is -2.21. The van der Waals surface area contributed by atoms with Crippen LogP contribution in [-0.4, -0.2) is 19.5 Å². The SMILES string of the molecule is CC1(C)c2ccccc2-c2cc3c(cc21)c1ccccc1n3-c1ccc2c(c1)oc1cccc(-c3nc(-c4ccccc4)nc(-c4ccccc4)n3)c12. The zero-order valence-corrected chi connectivity index (χ0v) is 29.2. The number of benzene rings is 7. The molecule has 3 aromatic heterocycles. The van der Waals surface area contributed by atoms with Crippen molar-refractivity contribution in [3.05, 3.63) is 169 Å². The lowest BCUT2D eigenvalue weighted by atomic mass is 9.82. The molecule has 5 nitrogen and oxygen atoms in total. The van der Waals surface area contributed by atoms with Crippen LogP contribution >= 0.6 is 0 Å². The first-order valence-corrected chi connectivity index (χ1v) is 18.0. The average Bonchev–Trinajstić information content (AvgIpc) is 3.82. The molecule has 0 fully saturated rings. The lowest BCUT2D eigenvalue weighted by Crippen LogP contribution is -2.14. The summed E-state index contributed by atoms with van der Waals surface area (Å²) in [5, 5.41) is 4.49. The summed E-state index contributed by atoms with van der Waals surface area (Å²) < 4.78 is 9.06. The van der Waals surface area contributed by atoms with Crippen LogP contribution in [0.2, 0.25) is 0 Å². The predicted octanol–water partition coefficient (Wildman–Crippen LogP) is 12.2. The van der Waals surface area contributed by atoms with Gasteiger partial charge in [-0.1, -0.05) is 129 Å². The molecule has 0 aliphatic heterocycles. The predicted molar refractivity (Wildman–Crippen MR) is 215 cm³/mol. The fourth-order valence-corrected chi connectivity index (χ4v) is 8.51. The number of fused-ring (bicyclic) bond motifs is 9. The minimum absolute atomic E-state index is 0.0730. The number of nitrogens with zero attached hydrogens (tertiary/aromatic N) is 4. The molecule has 1 aliphatic carbocycles. The maximum atomic E-state index is 6.67. The van der Waals surface area contributed by atoms with Crippen LogP contribution in [0.25, 0.3) is 94.7 Å². The molecule has 11 rings (SSSR count). The minimum Gasteiger partial charge on any atom is -0.456 e. The molecule has 10 aromatic rings. The summed E-state index contributed by atoms with van der Waals surface area (Å²) in [6.45, 7) is 4.68. The van der Waals surface area contributed by atoms with Crippen LogP contribution in [0.15, 0.2) is 162 Å². The fraction of sp³-hybridized carbons (Fsp3) is 0.0625. The second-order valence-corrected chi connectivity index (χ2v) is 14.4. The van der Waals surface area contributed by atoms with Crippen molar-refractivity contribution in [1.82, 2.24) is 19.5 Å². The Morgan fingerprint density at radius 1 is 0.453 bits per heavy atom. The molecule has 0 spiro atoms. The molecule has 0 bridgehead atoms. The molecule has 53 heavy (non-hydrogen) atoms. The van der Waals surface area contributed by atoms with Crippen molar-refractivity contribution >= 4 is 43.7 Å². The van der Waals surface area contributed by atoms with Crippen molar-refractivity contribution in [2.75, 3.05) is 0 Å². The topological polar surface area (TPSA) is 56.7 Å². The highest BCUT2D eigenvalue weighted by molar-refractivity contribution is 6.14. The van der Waals surface area contributed by atoms with Crippen molar-refractivity contribution in [2.45, 2.75) is 19.3 Å². The molecule has 1 aliphatic rings. The Morgan fingerprint density at radius 2 is 1.11 bits per heavy atom. The van der Waals surface area contributed by atoms with Gasteiger partial charge < -0.3 is 8.98 Å². The molecule has 0 amide bonds. The molecule has 0 unspecified atom stereocenters. The Morgan fingerprint density at radius 3 is 1.89 bits per heavy atom. The van der Waals surface area contributed by atoms with Crippen molar-refractivity contribution in [3.63, 3.8) is 0 Å². The van der Waals surface area contributed by atoms with E-state index in [0.717, 1.165) is 44.3 Å². The largest absolute Gasteiger partial charge is 0.456 e. The van der Waals surface area contributed by atoms with Crippen molar-refractivity contribution in [3.8, 4) is 51.0 Å². The Kier molecular flexibility index (Phi) is 6.23. The molecule has 0 saturated carbocycles. The third-order valence-corrected chi connectivity index (χ3v) is 11.1. The van der Waals surface area contributed by atoms with Gasteiger partial charge in [0.2, 0.25) is 0 Å². The van der Waals surface area contributed by atoms with E-state index in [0.29, 0.717) is 17.5 Å². The molecule has 0 N–H and O–H groups in total. The number of hydrogen-bond acceptors (Lipinski definition) is 4. The molecular formula is C48H32N4O. The number of para-hydroxylation sites is 1.